The fourth-order valence-corrected chi connectivity index (χ4v) is 2.17. The summed E-state index contributed by atoms with van der Waals surface area (Å²) < 4.78 is 7.26. The minimum atomic E-state index is 0.312. The van der Waals surface area contributed by atoms with Crippen molar-refractivity contribution in [1.82, 2.24) is 14.7 Å². The zero-order valence-electron chi connectivity index (χ0n) is 10.2. The number of nitrogens with two attached hydrogens (primary N) is 1. The molecule has 1 aliphatic rings. The third kappa shape index (κ3) is 2.20. The van der Waals surface area contributed by atoms with Gasteiger partial charge in [0.1, 0.15) is 5.82 Å². The van der Waals surface area contributed by atoms with Crippen LogP contribution in [0.1, 0.15) is 18.2 Å². The summed E-state index contributed by atoms with van der Waals surface area (Å²) in [4.78, 5) is 2.37. The summed E-state index contributed by atoms with van der Waals surface area (Å²) in [6.07, 6.45) is 0.312. The summed E-state index contributed by atoms with van der Waals surface area (Å²) in [7, 11) is 1.88. The maximum absolute atomic E-state index is 6.00. The number of rotatable bonds is 2. The number of aryl methyl sites for hydroxylation is 2. The Hall–Kier alpha value is -1.07. The van der Waals surface area contributed by atoms with Gasteiger partial charge in [0.25, 0.3) is 0 Å². The van der Waals surface area contributed by atoms with Crippen LogP contribution in [0.2, 0.25) is 0 Å². The molecule has 1 fully saturated rings. The molecule has 0 saturated carbocycles. The third-order valence-corrected chi connectivity index (χ3v) is 3.10. The van der Waals surface area contributed by atoms with E-state index >= 15 is 0 Å². The van der Waals surface area contributed by atoms with Gasteiger partial charge in [-0.1, -0.05) is 0 Å². The number of hydrogen-bond acceptors (Lipinski definition) is 4. The molecule has 2 rings (SSSR count). The molecule has 0 spiro atoms. The SMILES string of the molecule is Cc1nn(C)c(N)c1CN1CCOC(C)C1. The Morgan fingerprint density at radius 3 is 2.88 bits per heavy atom. The van der Waals surface area contributed by atoms with Crippen LogP contribution in [0, 0.1) is 6.92 Å². The summed E-state index contributed by atoms with van der Waals surface area (Å²) in [5.41, 5.74) is 8.17. The molecule has 0 aliphatic carbocycles. The van der Waals surface area contributed by atoms with E-state index in [0.29, 0.717) is 6.10 Å². The molecule has 1 saturated heterocycles. The van der Waals surface area contributed by atoms with Gasteiger partial charge in [-0.15, -0.1) is 0 Å². The normalized spacial score (nSPS) is 22.6. The Morgan fingerprint density at radius 1 is 1.56 bits per heavy atom. The molecule has 2 N–H and O–H groups in total. The smallest absolute Gasteiger partial charge is 0.126 e. The third-order valence-electron chi connectivity index (χ3n) is 3.10. The second-order valence-corrected chi connectivity index (χ2v) is 4.49. The highest BCUT2D eigenvalue weighted by molar-refractivity contribution is 5.42. The van der Waals surface area contributed by atoms with Crippen LogP contribution in [0.25, 0.3) is 0 Å². The first-order valence-corrected chi connectivity index (χ1v) is 5.70. The Bertz CT molecular complexity index is 374. The Balaban J connectivity index is 2.08. The van der Waals surface area contributed by atoms with Gasteiger partial charge in [0, 0.05) is 32.2 Å². The zero-order chi connectivity index (χ0) is 11.7. The Morgan fingerprint density at radius 2 is 2.31 bits per heavy atom. The number of nitrogen functional groups attached to an aromatic ring is 1. The fourth-order valence-electron chi connectivity index (χ4n) is 2.17. The maximum Gasteiger partial charge on any atom is 0.126 e. The summed E-state index contributed by atoms with van der Waals surface area (Å²) in [5, 5.41) is 4.33. The molecule has 1 aromatic rings. The molecular weight excluding hydrogens is 204 g/mol. The molecule has 1 aromatic heterocycles. The lowest BCUT2D eigenvalue weighted by Crippen LogP contribution is -2.40. The minimum Gasteiger partial charge on any atom is -0.384 e. The predicted molar refractivity (Wildman–Crippen MR) is 63.0 cm³/mol. The fraction of sp³-hybridized carbons (Fsp3) is 0.727. The van der Waals surface area contributed by atoms with E-state index in [1.807, 2.05) is 14.0 Å². The van der Waals surface area contributed by atoms with Gasteiger partial charge in [-0.3, -0.25) is 9.58 Å². The largest absolute Gasteiger partial charge is 0.384 e. The van der Waals surface area contributed by atoms with Crippen molar-refractivity contribution in [1.29, 1.82) is 0 Å². The first-order valence-electron chi connectivity index (χ1n) is 5.70. The van der Waals surface area contributed by atoms with Crippen LogP contribution in [0.15, 0.2) is 0 Å². The van der Waals surface area contributed by atoms with Crippen molar-refractivity contribution < 1.29 is 4.74 Å². The van der Waals surface area contributed by atoms with Gasteiger partial charge in [-0.05, 0) is 13.8 Å². The quantitative estimate of drug-likeness (QED) is 0.796. The van der Waals surface area contributed by atoms with Crippen molar-refractivity contribution in [3.05, 3.63) is 11.3 Å². The number of ether oxygens (including phenoxy) is 1. The van der Waals surface area contributed by atoms with Crippen molar-refractivity contribution in [2.24, 2.45) is 7.05 Å². The van der Waals surface area contributed by atoms with Crippen LogP contribution in [0.4, 0.5) is 5.82 Å². The molecule has 1 unspecified atom stereocenters. The van der Waals surface area contributed by atoms with Gasteiger partial charge in [0.15, 0.2) is 0 Å². The molecule has 0 bridgehead atoms. The van der Waals surface area contributed by atoms with Gasteiger partial charge < -0.3 is 10.5 Å². The average Bonchev–Trinajstić information content (AvgIpc) is 2.45. The summed E-state index contributed by atoms with van der Waals surface area (Å²) in [6, 6.07) is 0. The first kappa shape index (κ1) is 11.4. The van der Waals surface area contributed by atoms with Crippen LogP contribution in [-0.2, 0) is 18.3 Å². The van der Waals surface area contributed by atoms with Crippen LogP contribution in [0.5, 0.6) is 0 Å². The average molecular weight is 224 g/mol. The van der Waals surface area contributed by atoms with Gasteiger partial charge in [-0.2, -0.15) is 5.10 Å². The minimum absolute atomic E-state index is 0.312. The van der Waals surface area contributed by atoms with E-state index in [1.165, 1.54) is 0 Å². The first-order chi connectivity index (χ1) is 7.58. The lowest BCUT2D eigenvalue weighted by atomic mass is 10.2. The highest BCUT2D eigenvalue weighted by atomic mass is 16.5. The predicted octanol–water partition coefficient (Wildman–Crippen LogP) is 0.531. The van der Waals surface area contributed by atoms with Crippen LogP contribution in [-0.4, -0.2) is 40.5 Å². The van der Waals surface area contributed by atoms with Gasteiger partial charge in [-0.25, -0.2) is 0 Å². The van der Waals surface area contributed by atoms with Crippen molar-refractivity contribution >= 4 is 5.82 Å². The van der Waals surface area contributed by atoms with Crippen molar-refractivity contribution in [3.8, 4) is 0 Å². The lowest BCUT2D eigenvalue weighted by molar-refractivity contribution is -0.0212. The molecule has 5 nitrogen and oxygen atoms in total. The van der Waals surface area contributed by atoms with Gasteiger partial charge in [0.2, 0.25) is 0 Å². The monoisotopic (exact) mass is 224 g/mol. The molecule has 5 heteroatoms. The summed E-state index contributed by atoms with van der Waals surface area (Å²) in [6.45, 7) is 7.73. The molecule has 0 radical (unpaired) electrons. The lowest BCUT2D eigenvalue weighted by Gasteiger charge is -2.31. The van der Waals surface area contributed by atoms with E-state index in [9.17, 15) is 0 Å². The molecule has 0 aromatic carbocycles. The molecule has 2 heterocycles. The summed E-state index contributed by atoms with van der Waals surface area (Å²) in [5.74, 6) is 0.775. The summed E-state index contributed by atoms with van der Waals surface area (Å²) >= 11 is 0. The van der Waals surface area contributed by atoms with E-state index < -0.39 is 0 Å². The van der Waals surface area contributed by atoms with Crippen LogP contribution < -0.4 is 5.73 Å². The molecular formula is C11H20N4O. The Kier molecular flexibility index (Phi) is 3.16. The molecule has 1 aliphatic heterocycles. The molecule has 1 atom stereocenters. The highest BCUT2D eigenvalue weighted by Crippen LogP contribution is 2.18. The molecule has 16 heavy (non-hydrogen) atoms. The van der Waals surface area contributed by atoms with E-state index in [2.05, 4.69) is 16.9 Å². The van der Waals surface area contributed by atoms with Crippen molar-refractivity contribution in [3.63, 3.8) is 0 Å². The van der Waals surface area contributed by atoms with Crippen LogP contribution >= 0.6 is 0 Å². The standard InChI is InChI=1S/C11H20N4O/c1-8-6-15(4-5-16-8)7-10-9(2)13-14(3)11(10)12/h8H,4-7,12H2,1-3H3. The topological polar surface area (TPSA) is 56.3 Å². The number of anilines is 1. The molecule has 90 valence electrons. The van der Waals surface area contributed by atoms with E-state index in [0.717, 1.165) is 43.3 Å². The van der Waals surface area contributed by atoms with E-state index in [1.54, 1.807) is 4.68 Å². The van der Waals surface area contributed by atoms with E-state index in [4.69, 9.17) is 10.5 Å². The highest BCUT2D eigenvalue weighted by Gasteiger charge is 2.19. The van der Waals surface area contributed by atoms with Gasteiger partial charge in [0.05, 0.1) is 18.4 Å². The molecule has 0 amide bonds. The van der Waals surface area contributed by atoms with E-state index in [-0.39, 0.29) is 0 Å². The number of aromatic nitrogens is 2. The second kappa shape index (κ2) is 4.43. The van der Waals surface area contributed by atoms with Crippen molar-refractivity contribution in [2.75, 3.05) is 25.4 Å². The maximum atomic E-state index is 6.00. The zero-order valence-corrected chi connectivity index (χ0v) is 10.2. The van der Waals surface area contributed by atoms with Crippen molar-refractivity contribution in [2.45, 2.75) is 26.5 Å². The van der Waals surface area contributed by atoms with Gasteiger partial charge >= 0.3 is 0 Å². The number of nitrogens with zero attached hydrogens (tertiary/aromatic N) is 3. The Labute approximate surface area is 96.2 Å². The number of morpholine rings is 1. The second-order valence-electron chi connectivity index (χ2n) is 4.49. The number of hydrogen-bond donors (Lipinski definition) is 1. The van der Waals surface area contributed by atoms with Crippen LogP contribution in [0.3, 0.4) is 0 Å².